The van der Waals surface area contributed by atoms with E-state index in [2.05, 4.69) is 5.10 Å². The molecule has 1 aliphatic heterocycles. The van der Waals surface area contributed by atoms with Gasteiger partial charge in [0.25, 0.3) is 5.91 Å². The van der Waals surface area contributed by atoms with Crippen LogP contribution in [0.5, 0.6) is 0 Å². The van der Waals surface area contributed by atoms with Crippen LogP contribution in [0.4, 0.5) is 13.2 Å². The molecule has 1 aromatic heterocycles. The van der Waals surface area contributed by atoms with Gasteiger partial charge in [-0.2, -0.15) is 18.3 Å². The Morgan fingerprint density at radius 3 is 2.42 bits per heavy atom. The molecule has 1 atom stereocenters. The molecule has 5 nitrogen and oxygen atoms in total. The highest BCUT2D eigenvalue weighted by atomic mass is 19.4. The number of halogens is 3. The summed E-state index contributed by atoms with van der Waals surface area (Å²) in [6, 6.07) is 7.05. The van der Waals surface area contributed by atoms with Crippen LogP contribution >= 0.6 is 0 Å². The lowest BCUT2D eigenvalue weighted by Crippen LogP contribution is -2.33. The zero-order valence-corrected chi connectivity index (χ0v) is 12.9. The lowest BCUT2D eigenvalue weighted by Gasteiger charge is -2.19. The normalized spacial score (nSPS) is 21.3. The zero-order valence-electron chi connectivity index (χ0n) is 12.9. The molecule has 1 fully saturated rings. The molecule has 1 unspecified atom stereocenters. The fourth-order valence-electron chi connectivity index (χ4n) is 2.68. The summed E-state index contributed by atoms with van der Waals surface area (Å²) < 4.78 is 38.8. The summed E-state index contributed by atoms with van der Waals surface area (Å²) in [7, 11) is 0. The average molecular weight is 339 g/mol. The van der Waals surface area contributed by atoms with Crippen LogP contribution in [0.15, 0.2) is 36.5 Å². The smallest absolute Gasteiger partial charge is 0.388 e. The van der Waals surface area contributed by atoms with Crippen molar-refractivity contribution in [1.29, 1.82) is 0 Å². The Balaban J connectivity index is 1.76. The van der Waals surface area contributed by atoms with Crippen LogP contribution in [0.2, 0.25) is 0 Å². The first-order valence-corrected chi connectivity index (χ1v) is 7.41. The minimum absolute atomic E-state index is 0.212. The first-order valence-electron chi connectivity index (χ1n) is 7.41. The van der Waals surface area contributed by atoms with Crippen molar-refractivity contribution in [1.82, 2.24) is 14.7 Å². The molecule has 0 bridgehead atoms. The first-order chi connectivity index (χ1) is 11.2. The molecule has 0 spiro atoms. The van der Waals surface area contributed by atoms with Crippen LogP contribution < -0.4 is 0 Å². The van der Waals surface area contributed by atoms with Crippen molar-refractivity contribution in [2.24, 2.45) is 0 Å². The SMILES string of the molecule is CC1(O)CCN(C(=O)c2ccc(-n3ccc(C(F)(F)F)n3)cc2)C1. The number of amides is 1. The van der Waals surface area contributed by atoms with Crippen LogP contribution in [-0.2, 0) is 6.18 Å². The number of likely N-dealkylation sites (tertiary alicyclic amines) is 1. The lowest BCUT2D eigenvalue weighted by atomic mass is 10.1. The molecule has 128 valence electrons. The van der Waals surface area contributed by atoms with Crippen molar-refractivity contribution in [2.45, 2.75) is 25.1 Å². The van der Waals surface area contributed by atoms with Crippen molar-refractivity contribution in [3.8, 4) is 5.69 Å². The van der Waals surface area contributed by atoms with Gasteiger partial charge in [-0.25, -0.2) is 4.68 Å². The highest BCUT2D eigenvalue weighted by Gasteiger charge is 2.35. The Morgan fingerprint density at radius 2 is 1.92 bits per heavy atom. The molecular formula is C16H16F3N3O2. The van der Waals surface area contributed by atoms with Gasteiger partial charge in [-0.05, 0) is 43.7 Å². The number of carbonyl (C=O) groups excluding carboxylic acids is 1. The number of carbonyl (C=O) groups is 1. The topological polar surface area (TPSA) is 58.4 Å². The Morgan fingerprint density at radius 1 is 1.25 bits per heavy atom. The largest absolute Gasteiger partial charge is 0.435 e. The highest BCUT2D eigenvalue weighted by molar-refractivity contribution is 5.94. The quantitative estimate of drug-likeness (QED) is 0.915. The van der Waals surface area contributed by atoms with E-state index in [1.807, 2.05) is 0 Å². The molecule has 2 aromatic rings. The molecule has 1 aromatic carbocycles. The Hall–Kier alpha value is -2.35. The number of nitrogens with zero attached hydrogens (tertiary/aromatic N) is 3. The Kier molecular flexibility index (Phi) is 3.87. The van der Waals surface area contributed by atoms with Crippen LogP contribution in [-0.4, -0.2) is 44.4 Å². The van der Waals surface area contributed by atoms with E-state index in [-0.39, 0.29) is 12.5 Å². The molecule has 2 heterocycles. The summed E-state index contributed by atoms with van der Waals surface area (Å²) in [5.41, 5.74) is -1.00. The fourth-order valence-corrected chi connectivity index (χ4v) is 2.68. The monoisotopic (exact) mass is 339 g/mol. The predicted molar refractivity (Wildman–Crippen MR) is 79.7 cm³/mol. The number of alkyl halides is 3. The third-order valence-electron chi connectivity index (χ3n) is 4.00. The third-order valence-corrected chi connectivity index (χ3v) is 4.00. The zero-order chi connectivity index (χ0) is 17.5. The summed E-state index contributed by atoms with van der Waals surface area (Å²) in [6.45, 7) is 2.42. The summed E-state index contributed by atoms with van der Waals surface area (Å²) in [5.74, 6) is -0.212. The van der Waals surface area contributed by atoms with Crippen LogP contribution in [0.25, 0.3) is 5.69 Å². The molecule has 1 saturated heterocycles. The minimum atomic E-state index is -4.49. The number of hydrogen-bond acceptors (Lipinski definition) is 3. The maximum atomic E-state index is 12.6. The fraction of sp³-hybridized carbons (Fsp3) is 0.375. The second-order valence-electron chi connectivity index (χ2n) is 6.16. The molecule has 8 heteroatoms. The van der Waals surface area contributed by atoms with Gasteiger partial charge in [0, 0.05) is 24.8 Å². The number of aliphatic hydroxyl groups is 1. The van der Waals surface area contributed by atoms with Gasteiger partial charge < -0.3 is 10.0 Å². The molecule has 1 amide bonds. The van der Waals surface area contributed by atoms with Gasteiger partial charge in [0.15, 0.2) is 5.69 Å². The van der Waals surface area contributed by atoms with Crippen LogP contribution in [0.1, 0.15) is 29.4 Å². The molecular weight excluding hydrogens is 323 g/mol. The maximum Gasteiger partial charge on any atom is 0.435 e. The maximum absolute atomic E-state index is 12.6. The van der Waals surface area contributed by atoms with E-state index in [0.717, 1.165) is 10.7 Å². The van der Waals surface area contributed by atoms with Crippen molar-refractivity contribution < 1.29 is 23.1 Å². The van der Waals surface area contributed by atoms with Gasteiger partial charge in [-0.15, -0.1) is 0 Å². The summed E-state index contributed by atoms with van der Waals surface area (Å²) in [5, 5.41) is 13.4. The number of benzene rings is 1. The van der Waals surface area contributed by atoms with Gasteiger partial charge >= 0.3 is 6.18 Å². The number of rotatable bonds is 2. The molecule has 1 N–H and O–H groups in total. The number of β-amino-alcohol motifs (C(OH)–C–C–N with tert-alkyl or cyclic N) is 1. The van der Waals surface area contributed by atoms with Gasteiger partial charge in [0.1, 0.15) is 0 Å². The standard InChI is InChI=1S/C16H16F3N3O2/c1-15(24)7-9-21(10-15)14(23)11-2-4-12(5-3-11)22-8-6-13(20-22)16(17,18)19/h2-6,8,24H,7,9-10H2,1H3. The van der Waals surface area contributed by atoms with Crippen LogP contribution in [0.3, 0.4) is 0 Å². The van der Waals surface area contributed by atoms with E-state index in [4.69, 9.17) is 0 Å². The second-order valence-corrected chi connectivity index (χ2v) is 6.16. The van der Waals surface area contributed by atoms with E-state index in [0.29, 0.717) is 24.2 Å². The van der Waals surface area contributed by atoms with E-state index in [1.54, 1.807) is 24.0 Å². The molecule has 3 rings (SSSR count). The molecule has 0 aliphatic carbocycles. The average Bonchev–Trinajstić information content (AvgIpc) is 3.13. The van der Waals surface area contributed by atoms with Crippen molar-refractivity contribution in [3.63, 3.8) is 0 Å². The van der Waals surface area contributed by atoms with E-state index >= 15 is 0 Å². The molecule has 1 aliphatic rings. The molecule has 0 radical (unpaired) electrons. The summed E-state index contributed by atoms with van der Waals surface area (Å²) in [4.78, 5) is 13.9. The second kappa shape index (κ2) is 5.62. The first kappa shape index (κ1) is 16.5. The van der Waals surface area contributed by atoms with E-state index < -0.39 is 17.5 Å². The van der Waals surface area contributed by atoms with Crippen molar-refractivity contribution in [3.05, 3.63) is 47.8 Å². The Bertz CT molecular complexity index is 751. The van der Waals surface area contributed by atoms with Crippen molar-refractivity contribution in [2.75, 3.05) is 13.1 Å². The molecule has 0 saturated carbocycles. The van der Waals surface area contributed by atoms with E-state index in [1.165, 1.54) is 18.3 Å². The highest BCUT2D eigenvalue weighted by Crippen LogP contribution is 2.28. The number of hydrogen-bond donors (Lipinski definition) is 1. The van der Waals surface area contributed by atoms with Crippen molar-refractivity contribution >= 4 is 5.91 Å². The third kappa shape index (κ3) is 3.28. The number of aromatic nitrogens is 2. The Labute approximate surface area is 136 Å². The predicted octanol–water partition coefficient (Wildman–Crippen LogP) is 2.49. The minimum Gasteiger partial charge on any atom is -0.388 e. The van der Waals surface area contributed by atoms with Gasteiger partial charge in [0.05, 0.1) is 11.3 Å². The molecule has 24 heavy (non-hydrogen) atoms. The summed E-state index contributed by atoms with van der Waals surface area (Å²) >= 11 is 0. The van der Waals surface area contributed by atoms with E-state index in [9.17, 15) is 23.1 Å². The van der Waals surface area contributed by atoms with Gasteiger partial charge in [0.2, 0.25) is 0 Å². The summed E-state index contributed by atoms with van der Waals surface area (Å²) in [6.07, 6.45) is -2.75. The lowest BCUT2D eigenvalue weighted by molar-refractivity contribution is -0.141. The van der Waals surface area contributed by atoms with Gasteiger partial charge in [-0.3, -0.25) is 4.79 Å². The van der Waals surface area contributed by atoms with Crippen LogP contribution in [0, 0.1) is 0 Å². The van der Waals surface area contributed by atoms with Gasteiger partial charge in [-0.1, -0.05) is 0 Å².